The number of benzene rings is 1. The van der Waals surface area contributed by atoms with Crippen LogP contribution in [0.2, 0.25) is 0 Å². The molecule has 0 aliphatic heterocycles. The third kappa shape index (κ3) is 3.18. The normalized spacial score (nSPS) is 11.7. The van der Waals surface area contributed by atoms with Gasteiger partial charge in [0.1, 0.15) is 5.82 Å². The Morgan fingerprint density at radius 2 is 1.95 bits per heavy atom. The first-order chi connectivity index (χ1) is 8.88. The Labute approximate surface area is 111 Å². The zero-order chi connectivity index (χ0) is 14.0. The molecule has 0 unspecified atom stereocenters. The lowest BCUT2D eigenvalue weighted by Gasteiger charge is -2.05. The molecule has 102 valence electrons. The smallest absolute Gasteiger partial charge is 0.240 e. The summed E-state index contributed by atoms with van der Waals surface area (Å²) in [5, 5.41) is 4.13. The van der Waals surface area contributed by atoms with Crippen molar-refractivity contribution in [2.75, 3.05) is 0 Å². The number of nitrogens with one attached hydrogen (secondary N) is 1. The van der Waals surface area contributed by atoms with Gasteiger partial charge in [-0.15, -0.1) is 0 Å². The highest BCUT2D eigenvalue weighted by molar-refractivity contribution is 7.89. The Bertz CT molecular complexity index is 678. The van der Waals surface area contributed by atoms with Crippen LogP contribution in [-0.2, 0) is 23.6 Å². The van der Waals surface area contributed by atoms with Gasteiger partial charge in [0.25, 0.3) is 0 Å². The van der Waals surface area contributed by atoms with E-state index in [4.69, 9.17) is 0 Å². The Hall–Kier alpha value is -1.73. The number of hydrogen-bond donors (Lipinski definition) is 1. The third-order valence-electron chi connectivity index (χ3n) is 2.69. The van der Waals surface area contributed by atoms with E-state index in [2.05, 4.69) is 9.82 Å². The lowest BCUT2D eigenvalue weighted by atomic mass is 10.3. The van der Waals surface area contributed by atoms with Gasteiger partial charge in [0.05, 0.1) is 10.6 Å². The van der Waals surface area contributed by atoms with Crippen molar-refractivity contribution >= 4 is 10.0 Å². The van der Waals surface area contributed by atoms with Crippen molar-refractivity contribution in [3.05, 3.63) is 47.5 Å². The summed E-state index contributed by atoms with van der Waals surface area (Å²) in [5.74, 6) is -0.470. The molecule has 0 fully saturated rings. The van der Waals surface area contributed by atoms with Crippen molar-refractivity contribution in [1.82, 2.24) is 14.5 Å². The number of sulfonamides is 1. The highest BCUT2D eigenvalue weighted by Gasteiger charge is 2.14. The molecule has 0 bridgehead atoms. The number of aromatic nitrogens is 2. The fourth-order valence-corrected chi connectivity index (χ4v) is 2.70. The molecule has 0 saturated heterocycles. The summed E-state index contributed by atoms with van der Waals surface area (Å²) in [7, 11) is -1.87. The number of rotatable bonds is 4. The van der Waals surface area contributed by atoms with Crippen molar-refractivity contribution < 1.29 is 12.8 Å². The lowest BCUT2D eigenvalue weighted by molar-refractivity contribution is 0.580. The number of halogens is 1. The molecule has 0 aliphatic rings. The Morgan fingerprint density at radius 3 is 2.47 bits per heavy atom. The van der Waals surface area contributed by atoms with Crippen molar-refractivity contribution in [2.24, 2.45) is 7.05 Å². The lowest BCUT2D eigenvalue weighted by Crippen LogP contribution is -2.23. The van der Waals surface area contributed by atoms with E-state index in [0.29, 0.717) is 0 Å². The SMILES string of the molecule is Cc1nn(C)cc1CNS(=O)(=O)c1ccc(F)cc1. The van der Waals surface area contributed by atoms with E-state index in [1.807, 2.05) is 6.92 Å². The van der Waals surface area contributed by atoms with Gasteiger partial charge < -0.3 is 0 Å². The first-order valence-electron chi connectivity index (χ1n) is 5.63. The molecule has 0 aliphatic carbocycles. The van der Waals surface area contributed by atoms with E-state index in [9.17, 15) is 12.8 Å². The molecule has 1 aromatic heterocycles. The molecule has 2 aromatic rings. The Morgan fingerprint density at radius 1 is 1.32 bits per heavy atom. The molecule has 19 heavy (non-hydrogen) atoms. The number of hydrogen-bond acceptors (Lipinski definition) is 3. The fourth-order valence-electron chi connectivity index (χ4n) is 1.69. The van der Waals surface area contributed by atoms with Gasteiger partial charge in [0.15, 0.2) is 0 Å². The van der Waals surface area contributed by atoms with Crippen molar-refractivity contribution in [1.29, 1.82) is 0 Å². The molecule has 5 nitrogen and oxygen atoms in total. The van der Waals surface area contributed by atoms with Crippen molar-refractivity contribution in [3.63, 3.8) is 0 Å². The van der Waals surface area contributed by atoms with Gasteiger partial charge in [0, 0.05) is 25.4 Å². The van der Waals surface area contributed by atoms with Gasteiger partial charge in [-0.25, -0.2) is 17.5 Å². The first-order valence-corrected chi connectivity index (χ1v) is 7.11. The summed E-state index contributed by atoms with van der Waals surface area (Å²) in [6.07, 6.45) is 1.75. The maximum atomic E-state index is 12.8. The largest absolute Gasteiger partial charge is 0.275 e. The molecule has 0 atom stereocenters. The predicted octanol–water partition coefficient (Wildman–Crippen LogP) is 1.35. The minimum absolute atomic E-state index is 0.0374. The van der Waals surface area contributed by atoms with Crippen molar-refractivity contribution in [2.45, 2.75) is 18.4 Å². The molecular formula is C12H14FN3O2S. The highest BCUT2D eigenvalue weighted by Crippen LogP contribution is 2.11. The van der Waals surface area contributed by atoms with E-state index < -0.39 is 15.8 Å². The first kappa shape index (κ1) is 13.7. The van der Waals surface area contributed by atoms with Crippen LogP contribution in [0.15, 0.2) is 35.4 Å². The van der Waals surface area contributed by atoms with Crippen LogP contribution in [0, 0.1) is 12.7 Å². The highest BCUT2D eigenvalue weighted by atomic mass is 32.2. The van der Waals surface area contributed by atoms with Crippen LogP contribution in [0.5, 0.6) is 0 Å². The minimum atomic E-state index is -3.64. The molecule has 2 rings (SSSR count). The van der Waals surface area contributed by atoms with Crippen LogP contribution < -0.4 is 4.72 Å². The van der Waals surface area contributed by atoms with Crippen LogP contribution in [0.1, 0.15) is 11.3 Å². The maximum Gasteiger partial charge on any atom is 0.240 e. The molecule has 0 radical (unpaired) electrons. The average Bonchev–Trinajstić information content (AvgIpc) is 2.66. The molecule has 0 spiro atoms. The van der Waals surface area contributed by atoms with E-state index in [0.717, 1.165) is 23.4 Å². The molecule has 0 saturated carbocycles. The third-order valence-corrected chi connectivity index (χ3v) is 4.11. The summed E-state index contributed by atoms with van der Waals surface area (Å²) in [5.41, 5.74) is 1.57. The van der Waals surface area contributed by atoms with Crippen molar-refractivity contribution in [3.8, 4) is 0 Å². The topological polar surface area (TPSA) is 64.0 Å². The maximum absolute atomic E-state index is 12.8. The second-order valence-electron chi connectivity index (χ2n) is 4.19. The predicted molar refractivity (Wildman–Crippen MR) is 68.4 cm³/mol. The summed E-state index contributed by atoms with van der Waals surface area (Å²) in [4.78, 5) is 0.0374. The monoisotopic (exact) mass is 283 g/mol. The van der Waals surface area contributed by atoms with Gasteiger partial charge >= 0.3 is 0 Å². The van der Waals surface area contributed by atoms with E-state index in [1.165, 1.54) is 12.1 Å². The quantitative estimate of drug-likeness (QED) is 0.921. The van der Waals surface area contributed by atoms with Gasteiger partial charge in [-0.1, -0.05) is 0 Å². The summed E-state index contributed by atoms with van der Waals surface area (Å²) in [6, 6.07) is 4.69. The number of aryl methyl sites for hydroxylation is 2. The van der Waals surface area contributed by atoms with Crippen LogP contribution in [-0.4, -0.2) is 18.2 Å². The van der Waals surface area contributed by atoms with Crippen LogP contribution in [0.3, 0.4) is 0 Å². The fraction of sp³-hybridized carbons (Fsp3) is 0.250. The van der Waals surface area contributed by atoms with Crippen LogP contribution in [0.25, 0.3) is 0 Å². The second kappa shape index (κ2) is 5.10. The van der Waals surface area contributed by atoms with E-state index in [1.54, 1.807) is 17.9 Å². The summed E-state index contributed by atoms with van der Waals surface area (Å²) >= 11 is 0. The van der Waals surface area contributed by atoms with Crippen LogP contribution >= 0.6 is 0 Å². The zero-order valence-corrected chi connectivity index (χ0v) is 11.4. The van der Waals surface area contributed by atoms with Gasteiger partial charge in [-0.2, -0.15) is 5.10 Å². The molecule has 1 N–H and O–H groups in total. The number of nitrogens with zero attached hydrogens (tertiary/aromatic N) is 2. The van der Waals surface area contributed by atoms with Crippen LogP contribution in [0.4, 0.5) is 4.39 Å². The molecule has 1 aromatic carbocycles. The van der Waals surface area contributed by atoms with Gasteiger partial charge in [0.2, 0.25) is 10.0 Å². The standard InChI is InChI=1S/C12H14FN3O2S/c1-9-10(8-16(2)15-9)7-14-19(17,18)12-5-3-11(13)4-6-12/h3-6,8,14H,7H2,1-2H3. The van der Waals surface area contributed by atoms with E-state index >= 15 is 0 Å². The summed E-state index contributed by atoms with van der Waals surface area (Å²) in [6.45, 7) is 1.96. The second-order valence-corrected chi connectivity index (χ2v) is 5.96. The Balaban J connectivity index is 2.14. The minimum Gasteiger partial charge on any atom is -0.275 e. The van der Waals surface area contributed by atoms with Gasteiger partial charge in [-0.05, 0) is 31.2 Å². The summed E-state index contributed by atoms with van der Waals surface area (Å²) < 4.78 is 40.8. The van der Waals surface area contributed by atoms with E-state index in [-0.39, 0.29) is 11.4 Å². The average molecular weight is 283 g/mol. The molecule has 0 amide bonds. The molecule has 1 heterocycles. The zero-order valence-electron chi connectivity index (χ0n) is 10.6. The van der Waals surface area contributed by atoms with Gasteiger partial charge in [-0.3, -0.25) is 4.68 Å². The molecule has 7 heteroatoms. The molecular weight excluding hydrogens is 269 g/mol. The Kier molecular flexibility index (Phi) is 3.68.